The number of rotatable bonds is 5. The van der Waals surface area contributed by atoms with E-state index in [0.29, 0.717) is 18.5 Å². The minimum Gasteiger partial charge on any atom is -0.330 e. The molecule has 0 saturated carbocycles. The summed E-state index contributed by atoms with van der Waals surface area (Å²) in [6.07, 6.45) is 3.04. The maximum atomic E-state index is 5.94. The molecule has 2 N–H and O–H groups in total. The van der Waals surface area contributed by atoms with Crippen LogP contribution in [0.2, 0.25) is 0 Å². The van der Waals surface area contributed by atoms with Crippen LogP contribution in [0.25, 0.3) is 0 Å². The molecule has 2 heterocycles. The maximum absolute atomic E-state index is 5.94. The maximum Gasteiger partial charge on any atom is 0.152 e. The van der Waals surface area contributed by atoms with Gasteiger partial charge < -0.3 is 10.6 Å². The summed E-state index contributed by atoms with van der Waals surface area (Å²) < 4.78 is 2.13. The van der Waals surface area contributed by atoms with Gasteiger partial charge in [0.1, 0.15) is 5.82 Å². The van der Waals surface area contributed by atoms with Crippen molar-refractivity contribution < 1.29 is 0 Å². The number of nitrogens with zero attached hydrogens (tertiary/aromatic N) is 4. The summed E-state index contributed by atoms with van der Waals surface area (Å²) >= 11 is 0. The second kappa shape index (κ2) is 6.58. The van der Waals surface area contributed by atoms with E-state index in [2.05, 4.69) is 54.0 Å². The normalized spacial score (nSPS) is 21.1. The van der Waals surface area contributed by atoms with Crippen LogP contribution in [0.4, 0.5) is 0 Å². The van der Waals surface area contributed by atoms with Crippen molar-refractivity contribution in [2.24, 2.45) is 5.73 Å². The second-order valence-electron chi connectivity index (χ2n) is 6.32. The van der Waals surface area contributed by atoms with Crippen LogP contribution in [-0.4, -0.2) is 46.8 Å². The minimum atomic E-state index is 0.291. The highest BCUT2D eigenvalue weighted by molar-refractivity contribution is 5.22. The van der Waals surface area contributed by atoms with E-state index in [1.807, 2.05) is 0 Å². The molecule has 118 valence electrons. The average molecular weight is 299 g/mol. The third-order valence-corrected chi connectivity index (χ3v) is 4.40. The van der Waals surface area contributed by atoms with Gasteiger partial charge in [0, 0.05) is 25.4 Å². The van der Waals surface area contributed by atoms with Crippen molar-refractivity contribution in [1.29, 1.82) is 0 Å². The highest BCUT2D eigenvalue weighted by atomic mass is 15.4. The van der Waals surface area contributed by atoms with Crippen molar-refractivity contribution >= 4 is 0 Å². The Labute approximate surface area is 132 Å². The first kappa shape index (κ1) is 15.2. The molecular formula is C17H25N5. The van der Waals surface area contributed by atoms with Gasteiger partial charge in [-0.15, -0.1) is 0 Å². The van der Waals surface area contributed by atoms with Gasteiger partial charge in [0.15, 0.2) is 5.82 Å². The smallest absolute Gasteiger partial charge is 0.152 e. The summed E-state index contributed by atoms with van der Waals surface area (Å²) in [5.41, 5.74) is 7.25. The number of likely N-dealkylation sites (N-methyl/N-ethyl adjacent to an activating group) is 1. The molecule has 0 spiro atoms. The summed E-state index contributed by atoms with van der Waals surface area (Å²) in [6.45, 7) is 1.61. The van der Waals surface area contributed by atoms with Crippen molar-refractivity contribution in [3.8, 4) is 0 Å². The Morgan fingerprint density at radius 3 is 2.68 bits per heavy atom. The van der Waals surface area contributed by atoms with E-state index in [1.165, 1.54) is 5.56 Å². The zero-order valence-corrected chi connectivity index (χ0v) is 13.4. The van der Waals surface area contributed by atoms with E-state index in [0.717, 1.165) is 37.5 Å². The summed E-state index contributed by atoms with van der Waals surface area (Å²) in [6, 6.07) is 10.9. The molecular weight excluding hydrogens is 274 g/mol. The lowest BCUT2D eigenvalue weighted by Crippen LogP contribution is -2.27. The number of hydrogen-bond acceptors (Lipinski definition) is 4. The lowest BCUT2D eigenvalue weighted by molar-refractivity contribution is 0.366. The number of nitrogens with two attached hydrogens (primary N) is 1. The zero-order valence-electron chi connectivity index (χ0n) is 13.4. The van der Waals surface area contributed by atoms with Crippen LogP contribution in [0.5, 0.6) is 0 Å². The third kappa shape index (κ3) is 3.05. The largest absolute Gasteiger partial charge is 0.330 e. The van der Waals surface area contributed by atoms with Crippen molar-refractivity contribution in [3.63, 3.8) is 0 Å². The minimum absolute atomic E-state index is 0.291. The van der Waals surface area contributed by atoms with E-state index >= 15 is 0 Å². The Balaban J connectivity index is 1.92. The molecule has 5 nitrogen and oxygen atoms in total. The number of aromatic nitrogens is 3. The number of hydrogen-bond donors (Lipinski definition) is 1. The first-order valence-corrected chi connectivity index (χ1v) is 8.04. The molecule has 0 aliphatic carbocycles. The van der Waals surface area contributed by atoms with Gasteiger partial charge in [-0.25, -0.2) is 9.67 Å². The number of fused-ring (bicyclic) bond motifs is 1. The van der Waals surface area contributed by atoms with Gasteiger partial charge >= 0.3 is 0 Å². The van der Waals surface area contributed by atoms with Crippen molar-refractivity contribution in [1.82, 2.24) is 19.7 Å². The lowest BCUT2D eigenvalue weighted by Gasteiger charge is -2.28. The highest BCUT2D eigenvalue weighted by Crippen LogP contribution is 2.35. The Bertz CT molecular complexity index is 605. The van der Waals surface area contributed by atoms with Gasteiger partial charge in [-0.1, -0.05) is 30.3 Å². The second-order valence-corrected chi connectivity index (χ2v) is 6.32. The summed E-state index contributed by atoms with van der Waals surface area (Å²) in [7, 11) is 4.15. The first-order chi connectivity index (χ1) is 10.7. The number of benzene rings is 1. The molecule has 1 aromatic carbocycles. The molecule has 0 fully saturated rings. The van der Waals surface area contributed by atoms with Gasteiger partial charge in [0.05, 0.1) is 6.04 Å². The highest BCUT2D eigenvalue weighted by Gasteiger charge is 2.30. The monoisotopic (exact) mass is 299 g/mol. The zero-order chi connectivity index (χ0) is 15.5. The van der Waals surface area contributed by atoms with Gasteiger partial charge in [-0.2, -0.15) is 5.10 Å². The first-order valence-electron chi connectivity index (χ1n) is 8.04. The molecule has 0 radical (unpaired) electrons. The van der Waals surface area contributed by atoms with Crippen LogP contribution in [-0.2, 0) is 6.42 Å². The van der Waals surface area contributed by atoms with Gasteiger partial charge in [-0.3, -0.25) is 0 Å². The van der Waals surface area contributed by atoms with E-state index in [1.54, 1.807) is 0 Å². The topological polar surface area (TPSA) is 60.0 Å². The standard InChI is InChI=1S/C17H25N5/c1-21(2)11-10-16-19-17-14(12-18)8-9-15(22(17)20-16)13-6-4-3-5-7-13/h3-7,14-15H,8-12,18H2,1-2H3. The molecule has 22 heavy (non-hydrogen) atoms. The molecule has 2 atom stereocenters. The predicted molar refractivity (Wildman–Crippen MR) is 87.9 cm³/mol. The molecule has 0 amide bonds. The van der Waals surface area contributed by atoms with Gasteiger partial charge in [-0.05, 0) is 32.5 Å². The fourth-order valence-electron chi connectivity index (χ4n) is 3.14. The SMILES string of the molecule is CN(C)CCc1nc2n(n1)C(c1ccccc1)CCC2CN. The third-order valence-electron chi connectivity index (χ3n) is 4.40. The summed E-state index contributed by atoms with van der Waals surface area (Å²) in [5, 5.41) is 4.80. The van der Waals surface area contributed by atoms with Crippen LogP contribution >= 0.6 is 0 Å². The molecule has 2 aromatic rings. The van der Waals surface area contributed by atoms with E-state index in [-0.39, 0.29) is 0 Å². The fourth-order valence-corrected chi connectivity index (χ4v) is 3.14. The molecule has 1 aliphatic heterocycles. The molecule has 0 bridgehead atoms. The van der Waals surface area contributed by atoms with Crippen LogP contribution in [0.3, 0.4) is 0 Å². The Morgan fingerprint density at radius 2 is 2.00 bits per heavy atom. The predicted octanol–water partition coefficient (Wildman–Crippen LogP) is 1.81. The molecule has 2 unspecified atom stereocenters. The van der Waals surface area contributed by atoms with Crippen LogP contribution in [0.1, 0.15) is 42.0 Å². The quantitative estimate of drug-likeness (QED) is 0.914. The van der Waals surface area contributed by atoms with Crippen molar-refractivity contribution in [3.05, 3.63) is 47.5 Å². The molecule has 5 heteroatoms. The van der Waals surface area contributed by atoms with Crippen LogP contribution in [0.15, 0.2) is 30.3 Å². The van der Waals surface area contributed by atoms with E-state index < -0.39 is 0 Å². The summed E-state index contributed by atoms with van der Waals surface area (Å²) in [4.78, 5) is 6.96. The van der Waals surface area contributed by atoms with Gasteiger partial charge in [0.25, 0.3) is 0 Å². The Morgan fingerprint density at radius 1 is 1.23 bits per heavy atom. The van der Waals surface area contributed by atoms with Crippen LogP contribution in [0, 0.1) is 0 Å². The van der Waals surface area contributed by atoms with E-state index in [4.69, 9.17) is 15.8 Å². The molecule has 1 aliphatic rings. The lowest BCUT2D eigenvalue weighted by atomic mass is 9.91. The van der Waals surface area contributed by atoms with Gasteiger partial charge in [0.2, 0.25) is 0 Å². The van der Waals surface area contributed by atoms with E-state index in [9.17, 15) is 0 Å². The van der Waals surface area contributed by atoms with Crippen molar-refractivity contribution in [2.45, 2.75) is 31.2 Å². The molecule has 0 saturated heterocycles. The van der Waals surface area contributed by atoms with Crippen LogP contribution < -0.4 is 5.73 Å². The summed E-state index contributed by atoms with van der Waals surface area (Å²) in [5.74, 6) is 2.34. The average Bonchev–Trinajstić information content (AvgIpc) is 2.97. The Hall–Kier alpha value is -1.72. The fraction of sp³-hybridized carbons (Fsp3) is 0.529. The molecule has 3 rings (SSSR count). The molecule has 1 aromatic heterocycles. The Kier molecular flexibility index (Phi) is 4.55. The van der Waals surface area contributed by atoms with Crippen molar-refractivity contribution in [2.75, 3.05) is 27.2 Å².